The summed E-state index contributed by atoms with van der Waals surface area (Å²) in [6.45, 7) is 0. The van der Waals surface area contributed by atoms with Crippen LogP contribution in [0.25, 0.3) is 56.5 Å². The van der Waals surface area contributed by atoms with Crippen LogP contribution in [0.2, 0.25) is 0 Å². The molecular formula is C48H26N6OPt-2. The predicted octanol–water partition coefficient (Wildman–Crippen LogP) is 9.06. The van der Waals surface area contributed by atoms with Crippen molar-refractivity contribution in [3.63, 3.8) is 0 Å². The second-order valence-electron chi connectivity index (χ2n) is 13.8. The van der Waals surface area contributed by atoms with Gasteiger partial charge >= 0.3 is 0 Å². The Morgan fingerprint density at radius 2 is 1.39 bits per heavy atom. The van der Waals surface area contributed by atoms with Gasteiger partial charge in [-0.1, -0.05) is 90.1 Å². The fourth-order valence-corrected chi connectivity index (χ4v) is 8.96. The standard InChI is InChI=1S/C48H26N6O.Pt/c1-52-29-53-43-26-35(55-34-20-22-37-36-13-2-3-15-40(36)54(42(37)25-34)44-17-4-5-24-51-44)21-23-38(43)48(39-14-8-16-41(52)47(39)53)45-30(9-6-11-32(45)27-49)18-19-31-10-7-12-33(28-50)46(31)48;/h2-24H,1H3;/q-2;. The normalized spacial score (nSPS) is 13.0. The average Bonchev–Trinajstić information content (AvgIpc) is 3.70. The number of nitriles is 2. The van der Waals surface area contributed by atoms with Crippen LogP contribution in [0.15, 0.2) is 128 Å². The van der Waals surface area contributed by atoms with Gasteiger partial charge in [0.1, 0.15) is 5.82 Å². The van der Waals surface area contributed by atoms with Gasteiger partial charge < -0.3 is 18.4 Å². The van der Waals surface area contributed by atoms with Crippen molar-refractivity contribution in [1.29, 1.82) is 10.5 Å². The van der Waals surface area contributed by atoms with E-state index in [4.69, 9.17) is 4.74 Å². The van der Waals surface area contributed by atoms with Gasteiger partial charge in [0.15, 0.2) is 0 Å². The second kappa shape index (κ2) is 12.5. The van der Waals surface area contributed by atoms with Crippen LogP contribution in [-0.4, -0.2) is 14.1 Å². The summed E-state index contributed by atoms with van der Waals surface area (Å²) < 4.78 is 12.8. The van der Waals surface area contributed by atoms with E-state index in [1.807, 2.05) is 101 Å². The number of hydrogen-bond acceptors (Lipinski definition) is 4. The maximum atomic E-state index is 10.7. The third-order valence-corrected chi connectivity index (χ3v) is 11.1. The molecule has 3 aromatic heterocycles. The molecule has 0 saturated carbocycles. The number of ether oxygens (including phenoxy) is 1. The first kappa shape index (κ1) is 33.5. The van der Waals surface area contributed by atoms with E-state index in [-0.39, 0.29) is 21.1 Å². The van der Waals surface area contributed by atoms with Crippen LogP contribution < -0.4 is 9.30 Å². The molecule has 0 fully saturated rings. The van der Waals surface area contributed by atoms with E-state index in [0.717, 1.165) is 72.0 Å². The van der Waals surface area contributed by atoms with Crippen molar-refractivity contribution in [2.45, 2.75) is 5.41 Å². The molecule has 0 radical (unpaired) electrons. The molecule has 2 aliphatic rings. The maximum absolute atomic E-state index is 10.7. The van der Waals surface area contributed by atoms with E-state index >= 15 is 0 Å². The minimum Gasteiger partial charge on any atom is -0.510 e. The van der Waals surface area contributed by atoms with Gasteiger partial charge in [0.05, 0.1) is 41.3 Å². The van der Waals surface area contributed by atoms with E-state index < -0.39 is 5.41 Å². The molecule has 0 saturated heterocycles. The Morgan fingerprint density at radius 1 is 0.696 bits per heavy atom. The molecule has 11 rings (SSSR count). The molecule has 1 aliphatic carbocycles. The molecule has 6 aromatic carbocycles. The largest absolute Gasteiger partial charge is 0.510 e. The van der Waals surface area contributed by atoms with Crippen LogP contribution in [0, 0.1) is 41.1 Å². The summed E-state index contributed by atoms with van der Waals surface area (Å²) in [5.41, 5.74) is 9.72. The van der Waals surface area contributed by atoms with Crippen molar-refractivity contribution in [3.05, 3.63) is 190 Å². The Kier molecular flexibility index (Phi) is 7.48. The minimum atomic E-state index is -1.07. The van der Waals surface area contributed by atoms with Gasteiger partial charge in [-0.25, -0.2) is 4.98 Å². The minimum absolute atomic E-state index is 0. The molecular weight excluding hydrogens is 872 g/mol. The first-order chi connectivity index (χ1) is 27.1. The van der Waals surface area contributed by atoms with Gasteiger partial charge in [-0.15, -0.1) is 35.2 Å². The maximum Gasteiger partial charge on any atom is 0.242 e. The second-order valence-corrected chi connectivity index (χ2v) is 13.8. The van der Waals surface area contributed by atoms with Crippen LogP contribution >= 0.6 is 0 Å². The summed E-state index contributed by atoms with van der Waals surface area (Å²) in [4.78, 5) is 4.67. The van der Waals surface area contributed by atoms with Gasteiger partial charge in [-0.2, -0.15) is 22.7 Å². The zero-order valence-electron chi connectivity index (χ0n) is 29.7. The molecule has 0 amide bonds. The summed E-state index contributed by atoms with van der Waals surface area (Å²) in [6.07, 6.45) is 9.44. The zero-order chi connectivity index (χ0) is 36.8. The van der Waals surface area contributed by atoms with Gasteiger partial charge in [0.2, 0.25) is 6.33 Å². The molecule has 9 aromatic rings. The third-order valence-electron chi connectivity index (χ3n) is 11.1. The number of aryl methyl sites for hydroxylation is 1. The number of nitrogens with zero attached hydrogens (tertiary/aromatic N) is 6. The van der Waals surface area contributed by atoms with Gasteiger partial charge in [0.25, 0.3) is 0 Å². The number of aromatic nitrogens is 4. The Hall–Kier alpha value is -7.05. The molecule has 56 heavy (non-hydrogen) atoms. The number of fused-ring (bicyclic) bond motifs is 11. The predicted molar refractivity (Wildman–Crippen MR) is 210 cm³/mol. The number of benzene rings is 6. The van der Waals surface area contributed by atoms with Crippen LogP contribution in [-0.2, 0) is 33.5 Å². The van der Waals surface area contributed by atoms with Crippen molar-refractivity contribution >= 4 is 45.0 Å². The van der Waals surface area contributed by atoms with Crippen molar-refractivity contribution in [2.75, 3.05) is 0 Å². The molecule has 4 heterocycles. The van der Waals surface area contributed by atoms with Crippen LogP contribution in [0.3, 0.4) is 0 Å². The van der Waals surface area contributed by atoms with Crippen molar-refractivity contribution < 1.29 is 30.4 Å². The van der Waals surface area contributed by atoms with Gasteiger partial charge in [0, 0.05) is 49.7 Å². The molecule has 8 heteroatoms. The quantitative estimate of drug-likeness (QED) is 0.131. The Bertz CT molecular complexity index is 3170. The van der Waals surface area contributed by atoms with Crippen LogP contribution in [0.5, 0.6) is 11.5 Å². The van der Waals surface area contributed by atoms with Crippen LogP contribution in [0.4, 0.5) is 0 Å². The molecule has 0 atom stereocenters. The Balaban J connectivity index is 0.00000384. The first-order valence-corrected chi connectivity index (χ1v) is 17.9. The monoisotopic (exact) mass is 897 g/mol. The van der Waals surface area contributed by atoms with Gasteiger partial charge in [-0.3, -0.25) is 0 Å². The van der Waals surface area contributed by atoms with Gasteiger partial charge in [-0.05, 0) is 63.5 Å². The molecule has 1 spiro atoms. The molecule has 0 N–H and O–H groups in total. The van der Waals surface area contributed by atoms with Crippen molar-refractivity contribution in [2.24, 2.45) is 7.05 Å². The smallest absolute Gasteiger partial charge is 0.242 e. The number of imidazole rings is 1. The van der Waals surface area contributed by atoms with Crippen LogP contribution in [0.1, 0.15) is 44.5 Å². The fraction of sp³-hybridized carbons (Fsp3) is 0.0417. The number of rotatable bonds is 3. The molecule has 1 aliphatic heterocycles. The Labute approximate surface area is 336 Å². The summed E-state index contributed by atoms with van der Waals surface area (Å²) >= 11 is 0. The molecule has 0 unspecified atom stereocenters. The Morgan fingerprint density at radius 3 is 2.12 bits per heavy atom. The van der Waals surface area contributed by atoms with E-state index in [0.29, 0.717) is 28.3 Å². The molecule has 0 bridgehead atoms. The van der Waals surface area contributed by atoms with E-state index in [9.17, 15) is 10.5 Å². The summed E-state index contributed by atoms with van der Waals surface area (Å²) in [7, 11) is 1.98. The SMILES string of the molecule is C[n+]1[c-]n2c3c(cccc31)C1(c3ccc(Oc4[c-]c5c(cc4)c4ccccc4n5-c4ccccn4)[c-]c3-2)c2c(C#N)cccc2C=Cc2cccc(C#N)c21.[Pt]. The van der Waals surface area contributed by atoms with E-state index in [1.54, 1.807) is 6.20 Å². The number of pyridine rings is 1. The van der Waals surface area contributed by atoms with E-state index in [1.165, 1.54) is 0 Å². The summed E-state index contributed by atoms with van der Waals surface area (Å²) in [6, 6.07) is 52.2. The van der Waals surface area contributed by atoms with Crippen molar-refractivity contribution in [1.82, 2.24) is 14.1 Å². The average molecular weight is 898 g/mol. The topological polar surface area (TPSA) is 83.4 Å². The zero-order valence-corrected chi connectivity index (χ0v) is 32.0. The number of hydrogen-bond donors (Lipinski definition) is 0. The summed E-state index contributed by atoms with van der Waals surface area (Å²) in [5.74, 6) is 1.80. The molecule has 266 valence electrons. The first-order valence-electron chi connectivity index (χ1n) is 17.9. The van der Waals surface area contributed by atoms with Crippen molar-refractivity contribution in [3.8, 4) is 35.1 Å². The molecule has 7 nitrogen and oxygen atoms in total. The number of para-hydroxylation sites is 2. The summed E-state index contributed by atoms with van der Waals surface area (Å²) in [5, 5.41) is 23.6. The third kappa shape index (κ3) is 4.47. The van der Waals surface area contributed by atoms with E-state index in [2.05, 4.69) is 88.7 Å². The fourth-order valence-electron chi connectivity index (χ4n) is 8.96.